The molecule has 1 N–H and O–H groups in total. The standard InChI is InChI=1S/C13H19FN2O2S/c1-10-7-12(8-11(9-15-2)13(10)14)19(17,18)16-5-3-4-6-16/h7-8,15H,3-6,9H2,1-2H3. The zero-order chi connectivity index (χ0) is 14.0. The third-order valence-corrected chi connectivity index (χ3v) is 5.25. The van der Waals surface area contributed by atoms with Gasteiger partial charge in [0.05, 0.1) is 4.90 Å². The molecule has 19 heavy (non-hydrogen) atoms. The summed E-state index contributed by atoms with van der Waals surface area (Å²) in [5.41, 5.74) is 0.755. The molecule has 0 radical (unpaired) electrons. The monoisotopic (exact) mass is 286 g/mol. The molecule has 0 amide bonds. The van der Waals surface area contributed by atoms with Gasteiger partial charge in [0.15, 0.2) is 0 Å². The van der Waals surface area contributed by atoms with Crippen LogP contribution in [-0.2, 0) is 16.6 Å². The second kappa shape index (κ2) is 5.56. The Morgan fingerprint density at radius 3 is 2.53 bits per heavy atom. The van der Waals surface area contributed by atoms with Crippen molar-refractivity contribution >= 4 is 10.0 Å². The Hall–Kier alpha value is -0.980. The van der Waals surface area contributed by atoms with Gasteiger partial charge in [-0.25, -0.2) is 12.8 Å². The summed E-state index contributed by atoms with van der Waals surface area (Å²) in [7, 11) is -1.78. The molecule has 6 heteroatoms. The zero-order valence-corrected chi connectivity index (χ0v) is 12.1. The van der Waals surface area contributed by atoms with E-state index in [-0.39, 0.29) is 10.7 Å². The van der Waals surface area contributed by atoms with E-state index in [1.165, 1.54) is 16.4 Å². The van der Waals surface area contributed by atoms with E-state index in [2.05, 4.69) is 5.32 Å². The van der Waals surface area contributed by atoms with Crippen molar-refractivity contribution in [1.29, 1.82) is 0 Å². The molecule has 1 heterocycles. The fourth-order valence-electron chi connectivity index (χ4n) is 2.35. The molecule has 0 bridgehead atoms. The molecule has 0 spiro atoms. The van der Waals surface area contributed by atoms with Crippen LogP contribution in [0.1, 0.15) is 24.0 Å². The first-order valence-electron chi connectivity index (χ1n) is 6.40. The first kappa shape index (κ1) is 14.4. The van der Waals surface area contributed by atoms with E-state index in [1.54, 1.807) is 14.0 Å². The summed E-state index contributed by atoms with van der Waals surface area (Å²) in [5.74, 6) is -0.338. The highest BCUT2D eigenvalue weighted by molar-refractivity contribution is 7.89. The summed E-state index contributed by atoms with van der Waals surface area (Å²) in [6, 6.07) is 2.86. The van der Waals surface area contributed by atoms with Crippen LogP contribution in [0.2, 0.25) is 0 Å². The van der Waals surface area contributed by atoms with Gasteiger partial charge in [0, 0.05) is 25.2 Å². The SMILES string of the molecule is CNCc1cc(S(=O)(=O)N2CCCC2)cc(C)c1F. The molecule has 1 saturated heterocycles. The molecular weight excluding hydrogens is 267 g/mol. The highest BCUT2D eigenvalue weighted by Crippen LogP contribution is 2.24. The van der Waals surface area contributed by atoms with E-state index in [0.29, 0.717) is 30.8 Å². The van der Waals surface area contributed by atoms with Crippen LogP contribution in [0.4, 0.5) is 4.39 Å². The average Bonchev–Trinajstić information content (AvgIpc) is 2.89. The minimum absolute atomic E-state index is 0.193. The Morgan fingerprint density at radius 1 is 1.32 bits per heavy atom. The Labute approximate surface area is 113 Å². The van der Waals surface area contributed by atoms with Gasteiger partial charge >= 0.3 is 0 Å². The van der Waals surface area contributed by atoms with Crippen molar-refractivity contribution in [1.82, 2.24) is 9.62 Å². The molecule has 0 aliphatic carbocycles. The summed E-state index contributed by atoms with van der Waals surface area (Å²) >= 11 is 0. The van der Waals surface area contributed by atoms with Gasteiger partial charge in [-0.3, -0.25) is 0 Å². The van der Waals surface area contributed by atoms with Crippen LogP contribution in [0.25, 0.3) is 0 Å². The summed E-state index contributed by atoms with van der Waals surface area (Å²) in [4.78, 5) is 0.193. The van der Waals surface area contributed by atoms with Crippen LogP contribution in [0.15, 0.2) is 17.0 Å². The van der Waals surface area contributed by atoms with Crippen LogP contribution in [0, 0.1) is 12.7 Å². The number of hydrogen-bond donors (Lipinski definition) is 1. The van der Waals surface area contributed by atoms with Gasteiger partial charge in [-0.05, 0) is 44.5 Å². The predicted molar refractivity (Wildman–Crippen MR) is 71.9 cm³/mol. The number of rotatable bonds is 4. The second-order valence-corrected chi connectivity index (χ2v) is 6.79. The molecule has 1 aliphatic heterocycles. The van der Waals surface area contributed by atoms with Crippen molar-refractivity contribution < 1.29 is 12.8 Å². The van der Waals surface area contributed by atoms with Gasteiger partial charge in [0.25, 0.3) is 0 Å². The molecule has 1 aromatic carbocycles. The molecule has 106 valence electrons. The van der Waals surface area contributed by atoms with E-state index >= 15 is 0 Å². The number of nitrogens with one attached hydrogen (secondary N) is 1. The molecule has 0 unspecified atom stereocenters. The zero-order valence-electron chi connectivity index (χ0n) is 11.2. The fourth-order valence-corrected chi connectivity index (χ4v) is 4.01. The lowest BCUT2D eigenvalue weighted by molar-refractivity contribution is 0.477. The lowest BCUT2D eigenvalue weighted by Gasteiger charge is -2.17. The van der Waals surface area contributed by atoms with E-state index in [1.807, 2.05) is 0 Å². The fraction of sp³-hybridized carbons (Fsp3) is 0.538. The van der Waals surface area contributed by atoms with Crippen molar-refractivity contribution in [3.05, 3.63) is 29.1 Å². The topological polar surface area (TPSA) is 49.4 Å². The van der Waals surface area contributed by atoms with Crippen molar-refractivity contribution in [3.8, 4) is 0 Å². The Bertz CT molecular complexity index is 566. The summed E-state index contributed by atoms with van der Waals surface area (Å²) in [5, 5.41) is 2.85. The summed E-state index contributed by atoms with van der Waals surface area (Å²) in [6.45, 7) is 3.02. The molecule has 0 atom stereocenters. The lowest BCUT2D eigenvalue weighted by atomic mass is 10.1. The van der Waals surface area contributed by atoms with Crippen LogP contribution < -0.4 is 5.32 Å². The number of halogens is 1. The molecule has 4 nitrogen and oxygen atoms in total. The lowest BCUT2D eigenvalue weighted by Crippen LogP contribution is -2.28. The minimum Gasteiger partial charge on any atom is -0.316 e. The number of aryl methyl sites for hydroxylation is 1. The maximum Gasteiger partial charge on any atom is 0.243 e. The minimum atomic E-state index is -3.48. The number of benzene rings is 1. The van der Waals surface area contributed by atoms with Crippen molar-refractivity contribution in [2.24, 2.45) is 0 Å². The molecule has 1 fully saturated rings. The number of hydrogen-bond acceptors (Lipinski definition) is 3. The van der Waals surface area contributed by atoms with Gasteiger partial charge in [-0.2, -0.15) is 4.31 Å². The van der Waals surface area contributed by atoms with E-state index in [4.69, 9.17) is 0 Å². The Morgan fingerprint density at radius 2 is 1.95 bits per heavy atom. The summed E-state index contributed by atoms with van der Waals surface area (Å²) < 4.78 is 40.2. The molecule has 0 aromatic heterocycles. The maximum absolute atomic E-state index is 13.9. The maximum atomic E-state index is 13.9. The van der Waals surface area contributed by atoms with Crippen molar-refractivity contribution in [2.45, 2.75) is 31.2 Å². The Balaban J connectivity index is 2.44. The summed E-state index contributed by atoms with van der Waals surface area (Å²) in [6.07, 6.45) is 1.78. The highest BCUT2D eigenvalue weighted by atomic mass is 32.2. The Kier molecular flexibility index (Phi) is 4.23. The van der Waals surface area contributed by atoms with Crippen LogP contribution in [0.3, 0.4) is 0 Å². The predicted octanol–water partition coefficient (Wildman–Crippen LogP) is 1.64. The molecule has 1 aliphatic rings. The van der Waals surface area contributed by atoms with Gasteiger partial charge in [0.1, 0.15) is 5.82 Å². The van der Waals surface area contributed by atoms with Gasteiger partial charge in [-0.1, -0.05) is 0 Å². The molecule has 0 saturated carbocycles. The average molecular weight is 286 g/mol. The van der Waals surface area contributed by atoms with Gasteiger partial charge < -0.3 is 5.32 Å². The van der Waals surface area contributed by atoms with Crippen LogP contribution in [0.5, 0.6) is 0 Å². The van der Waals surface area contributed by atoms with E-state index in [9.17, 15) is 12.8 Å². The van der Waals surface area contributed by atoms with Crippen LogP contribution in [-0.4, -0.2) is 32.9 Å². The normalized spacial score (nSPS) is 17.0. The quantitative estimate of drug-likeness (QED) is 0.915. The number of nitrogens with zero attached hydrogens (tertiary/aromatic N) is 1. The third kappa shape index (κ3) is 2.80. The molecular formula is C13H19FN2O2S. The third-order valence-electron chi connectivity index (χ3n) is 3.37. The largest absolute Gasteiger partial charge is 0.316 e. The van der Waals surface area contributed by atoms with E-state index < -0.39 is 10.0 Å². The van der Waals surface area contributed by atoms with Gasteiger partial charge in [0.2, 0.25) is 10.0 Å². The second-order valence-electron chi connectivity index (χ2n) is 4.85. The molecule has 2 rings (SSSR count). The van der Waals surface area contributed by atoms with Gasteiger partial charge in [-0.15, -0.1) is 0 Å². The number of sulfonamides is 1. The van der Waals surface area contributed by atoms with E-state index in [0.717, 1.165) is 12.8 Å². The smallest absolute Gasteiger partial charge is 0.243 e. The highest BCUT2D eigenvalue weighted by Gasteiger charge is 2.28. The molecule has 1 aromatic rings. The first-order chi connectivity index (χ1) is 8.96. The van der Waals surface area contributed by atoms with Crippen molar-refractivity contribution in [3.63, 3.8) is 0 Å². The van der Waals surface area contributed by atoms with Crippen LogP contribution >= 0.6 is 0 Å². The van der Waals surface area contributed by atoms with Crippen molar-refractivity contribution in [2.75, 3.05) is 20.1 Å². The first-order valence-corrected chi connectivity index (χ1v) is 7.84.